The van der Waals surface area contributed by atoms with Gasteiger partial charge in [-0.2, -0.15) is 0 Å². The third-order valence-corrected chi connectivity index (χ3v) is 3.99. The lowest BCUT2D eigenvalue weighted by Gasteiger charge is -2.25. The number of aromatic hydroxyl groups is 1. The van der Waals surface area contributed by atoms with Crippen molar-refractivity contribution < 1.29 is 5.11 Å². The van der Waals surface area contributed by atoms with Gasteiger partial charge in [0, 0.05) is 18.2 Å². The average Bonchev–Trinajstić information content (AvgIpc) is 2.80. The molecule has 0 amide bonds. The second-order valence-corrected chi connectivity index (χ2v) is 5.45. The zero-order chi connectivity index (χ0) is 13.1. The number of likely N-dealkylation sites (tertiary alicyclic amines) is 1. The smallest absolute Gasteiger partial charge is 0.120 e. The predicted molar refractivity (Wildman–Crippen MR) is 74.9 cm³/mol. The fourth-order valence-corrected chi connectivity index (χ4v) is 2.87. The lowest BCUT2D eigenvalue weighted by atomic mass is 10.0. The summed E-state index contributed by atoms with van der Waals surface area (Å²) in [7, 11) is 2.01. The maximum absolute atomic E-state index is 10.00. The molecule has 0 bridgehead atoms. The Morgan fingerprint density at radius 1 is 1.50 bits per heavy atom. The Morgan fingerprint density at radius 3 is 3.00 bits per heavy atom. The molecule has 0 spiro atoms. The lowest BCUT2D eigenvalue weighted by Crippen LogP contribution is -2.27. The molecule has 1 aromatic carbocycles. The Balaban J connectivity index is 2.07. The van der Waals surface area contributed by atoms with Gasteiger partial charge in [-0.15, -0.1) is 0 Å². The number of rotatable bonds is 4. The van der Waals surface area contributed by atoms with Gasteiger partial charge in [-0.05, 0) is 52.4 Å². The normalized spacial score (nSPS) is 22.3. The highest BCUT2D eigenvalue weighted by Gasteiger charge is 2.27. The van der Waals surface area contributed by atoms with E-state index in [1.54, 1.807) is 0 Å². The van der Waals surface area contributed by atoms with Crippen molar-refractivity contribution in [2.75, 3.05) is 26.7 Å². The van der Waals surface area contributed by atoms with E-state index >= 15 is 0 Å². The first kappa shape index (κ1) is 13.4. The summed E-state index contributed by atoms with van der Waals surface area (Å²) < 4.78 is 0. The van der Waals surface area contributed by atoms with Gasteiger partial charge in [-0.1, -0.05) is 17.7 Å². The van der Waals surface area contributed by atoms with Crippen LogP contribution in [-0.4, -0.2) is 36.7 Å². The van der Waals surface area contributed by atoms with Crippen LogP contribution in [0.1, 0.15) is 30.5 Å². The molecule has 100 valence electrons. The summed E-state index contributed by atoms with van der Waals surface area (Å²) in [5, 5.41) is 13.2. The van der Waals surface area contributed by atoms with Crippen LogP contribution in [0.5, 0.6) is 5.75 Å². The van der Waals surface area contributed by atoms with Gasteiger partial charge >= 0.3 is 0 Å². The van der Waals surface area contributed by atoms with Crippen molar-refractivity contribution in [3.63, 3.8) is 0 Å². The molecular formula is C15H24N2O. The van der Waals surface area contributed by atoms with E-state index in [0.29, 0.717) is 11.8 Å². The fraction of sp³-hybridized carbons (Fsp3) is 0.600. The maximum Gasteiger partial charge on any atom is 0.120 e. The molecule has 1 aliphatic heterocycles. The first-order valence-corrected chi connectivity index (χ1v) is 6.80. The summed E-state index contributed by atoms with van der Waals surface area (Å²) in [6.45, 7) is 7.60. The van der Waals surface area contributed by atoms with Crippen molar-refractivity contribution in [2.45, 2.75) is 26.3 Å². The number of phenolic OH excluding ortho intramolecular Hbond substituents is 1. The zero-order valence-electron chi connectivity index (χ0n) is 11.6. The average molecular weight is 248 g/mol. The van der Waals surface area contributed by atoms with E-state index < -0.39 is 0 Å². The second kappa shape index (κ2) is 5.72. The van der Waals surface area contributed by atoms with E-state index in [2.05, 4.69) is 30.1 Å². The quantitative estimate of drug-likeness (QED) is 0.858. The topological polar surface area (TPSA) is 35.5 Å². The van der Waals surface area contributed by atoms with Gasteiger partial charge in [0.1, 0.15) is 5.75 Å². The van der Waals surface area contributed by atoms with Crippen molar-refractivity contribution >= 4 is 0 Å². The van der Waals surface area contributed by atoms with Crippen LogP contribution in [0.15, 0.2) is 18.2 Å². The molecular weight excluding hydrogens is 224 g/mol. The first-order chi connectivity index (χ1) is 8.61. The van der Waals surface area contributed by atoms with E-state index in [0.717, 1.165) is 31.1 Å². The molecule has 0 radical (unpaired) electrons. The molecule has 1 aliphatic rings. The van der Waals surface area contributed by atoms with Crippen molar-refractivity contribution in [1.82, 2.24) is 10.2 Å². The van der Waals surface area contributed by atoms with E-state index in [4.69, 9.17) is 0 Å². The van der Waals surface area contributed by atoms with Crippen molar-refractivity contribution in [2.24, 2.45) is 5.92 Å². The Morgan fingerprint density at radius 2 is 2.28 bits per heavy atom. The molecule has 1 saturated heterocycles. The van der Waals surface area contributed by atoms with Gasteiger partial charge in [-0.3, -0.25) is 4.90 Å². The molecule has 3 nitrogen and oxygen atoms in total. The summed E-state index contributed by atoms with van der Waals surface area (Å²) >= 11 is 0. The zero-order valence-corrected chi connectivity index (χ0v) is 11.6. The molecule has 2 unspecified atom stereocenters. The largest absolute Gasteiger partial charge is 0.508 e. The molecule has 2 N–H and O–H groups in total. The number of benzene rings is 1. The van der Waals surface area contributed by atoms with Gasteiger partial charge in [0.05, 0.1) is 0 Å². The summed E-state index contributed by atoms with van der Waals surface area (Å²) in [6.07, 6.45) is 1.25. The molecule has 1 aromatic rings. The summed E-state index contributed by atoms with van der Waals surface area (Å²) in [6, 6.07) is 6.17. The standard InChI is InChI=1S/C15H24N2O/c1-11-4-5-15(18)14(8-11)12(2)17-7-6-13(10-17)9-16-3/h4-5,8,12-13,16,18H,6-7,9-10H2,1-3H3. The number of hydrogen-bond donors (Lipinski definition) is 2. The minimum atomic E-state index is 0.298. The highest BCUT2D eigenvalue weighted by molar-refractivity contribution is 5.37. The second-order valence-electron chi connectivity index (χ2n) is 5.45. The van der Waals surface area contributed by atoms with Crippen LogP contribution >= 0.6 is 0 Å². The van der Waals surface area contributed by atoms with Gasteiger partial charge < -0.3 is 10.4 Å². The monoisotopic (exact) mass is 248 g/mol. The molecule has 2 atom stereocenters. The van der Waals surface area contributed by atoms with Crippen LogP contribution in [0, 0.1) is 12.8 Å². The SMILES string of the molecule is CNCC1CCN(C(C)c2cc(C)ccc2O)C1. The molecule has 1 fully saturated rings. The molecule has 2 rings (SSSR count). The van der Waals surface area contributed by atoms with E-state index in [9.17, 15) is 5.11 Å². The molecule has 0 aliphatic carbocycles. The molecule has 0 saturated carbocycles. The first-order valence-electron chi connectivity index (χ1n) is 6.80. The van der Waals surface area contributed by atoms with Gasteiger partial charge in [0.2, 0.25) is 0 Å². The summed E-state index contributed by atoms with van der Waals surface area (Å²) in [4.78, 5) is 2.47. The van der Waals surface area contributed by atoms with Crippen molar-refractivity contribution in [3.05, 3.63) is 29.3 Å². The molecule has 1 heterocycles. The Kier molecular flexibility index (Phi) is 4.25. The van der Waals surface area contributed by atoms with Crippen LogP contribution in [0.2, 0.25) is 0 Å². The van der Waals surface area contributed by atoms with E-state index in [1.807, 2.05) is 19.2 Å². The maximum atomic E-state index is 10.00. The van der Waals surface area contributed by atoms with Gasteiger partial charge in [0.25, 0.3) is 0 Å². The van der Waals surface area contributed by atoms with Crippen LogP contribution in [0.3, 0.4) is 0 Å². The highest BCUT2D eigenvalue weighted by Crippen LogP contribution is 2.32. The fourth-order valence-electron chi connectivity index (χ4n) is 2.87. The van der Waals surface area contributed by atoms with E-state index in [-0.39, 0.29) is 0 Å². The van der Waals surface area contributed by atoms with Crippen LogP contribution in [0.4, 0.5) is 0 Å². The van der Waals surface area contributed by atoms with Gasteiger partial charge in [0.15, 0.2) is 0 Å². The number of phenols is 1. The number of hydrogen-bond acceptors (Lipinski definition) is 3. The highest BCUT2D eigenvalue weighted by atomic mass is 16.3. The van der Waals surface area contributed by atoms with Crippen LogP contribution in [0.25, 0.3) is 0 Å². The molecule has 3 heteroatoms. The Hall–Kier alpha value is -1.06. The predicted octanol–water partition coefficient (Wildman–Crippen LogP) is 2.30. The summed E-state index contributed by atoms with van der Waals surface area (Å²) in [5.74, 6) is 1.16. The Bertz CT molecular complexity index is 405. The minimum absolute atomic E-state index is 0.298. The molecule has 0 aromatic heterocycles. The lowest BCUT2D eigenvalue weighted by molar-refractivity contribution is 0.247. The van der Waals surface area contributed by atoms with Crippen LogP contribution < -0.4 is 5.32 Å². The third-order valence-electron chi connectivity index (χ3n) is 3.99. The number of nitrogens with zero attached hydrogens (tertiary/aromatic N) is 1. The number of aryl methyl sites for hydroxylation is 1. The number of nitrogens with one attached hydrogen (secondary N) is 1. The van der Waals surface area contributed by atoms with Crippen molar-refractivity contribution in [1.29, 1.82) is 0 Å². The van der Waals surface area contributed by atoms with Gasteiger partial charge in [-0.25, -0.2) is 0 Å². The van der Waals surface area contributed by atoms with Crippen LogP contribution in [-0.2, 0) is 0 Å². The minimum Gasteiger partial charge on any atom is -0.508 e. The summed E-state index contributed by atoms with van der Waals surface area (Å²) in [5.41, 5.74) is 2.26. The third kappa shape index (κ3) is 2.85. The van der Waals surface area contributed by atoms with Crippen molar-refractivity contribution in [3.8, 4) is 5.75 Å². The van der Waals surface area contributed by atoms with E-state index in [1.165, 1.54) is 12.0 Å². The molecule has 18 heavy (non-hydrogen) atoms. The Labute approximate surface area is 110 Å².